The number of aromatic nitrogens is 1. The fraction of sp³-hybridized carbons (Fsp3) is 0.312. The molecule has 1 aliphatic rings. The standard InChI is InChI=1S/C16H18N2O3/c1-2-6-17-9-12-5-7-18-10-16(12)21-13-3-4-14-15(8-13)20-11-19-14/h3-5,7-8,10,17H,2,6,9,11H2,1H3. The van der Waals surface area contributed by atoms with E-state index in [1.807, 2.05) is 24.3 Å². The zero-order valence-corrected chi connectivity index (χ0v) is 12.0. The largest absolute Gasteiger partial charge is 0.455 e. The lowest BCUT2D eigenvalue weighted by molar-refractivity contribution is 0.174. The van der Waals surface area contributed by atoms with Crippen molar-refractivity contribution in [2.75, 3.05) is 13.3 Å². The van der Waals surface area contributed by atoms with Gasteiger partial charge in [-0.3, -0.25) is 4.98 Å². The van der Waals surface area contributed by atoms with Crippen LogP contribution in [0.25, 0.3) is 0 Å². The minimum absolute atomic E-state index is 0.262. The van der Waals surface area contributed by atoms with Crippen LogP contribution in [0.5, 0.6) is 23.0 Å². The summed E-state index contributed by atoms with van der Waals surface area (Å²) in [6.45, 7) is 4.14. The Kier molecular flexibility index (Phi) is 4.21. The summed E-state index contributed by atoms with van der Waals surface area (Å²) in [5, 5.41) is 3.37. The van der Waals surface area contributed by atoms with Crippen LogP contribution in [0, 0.1) is 0 Å². The van der Waals surface area contributed by atoms with Crippen LogP contribution in [0.4, 0.5) is 0 Å². The maximum Gasteiger partial charge on any atom is 0.231 e. The minimum Gasteiger partial charge on any atom is -0.455 e. The van der Waals surface area contributed by atoms with Gasteiger partial charge in [-0.15, -0.1) is 0 Å². The molecule has 2 heterocycles. The van der Waals surface area contributed by atoms with Gasteiger partial charge >= 0.3 is 0 Å². The zero-order chi connectivity index (χ0) is 14.5. The van der Waals surface area contributed by atoms with Gasteiger partial charge in [0.15, 0.2) is 11.5 Å². The maximum absolute atomic E-state index is 5.93. The summed E-state index contributed by atoms with van der Waals surface area (Å²) in [4.78, 5) is 4.13. The summed E-state index contributed by atoms with van der Waals surface area (Å²) in [5.74, 6) is 2.92. The van der Waals surface area contributed by atoms with Crippen molar-refractivity contribution in [1.29, 1.82) is 0 Å². The lowest BCUT2D eigenvalue weighted by atomic mass is 10.2. The van der Waals surface area contributed by atoms with Crippen LogP contribution in [0.1, 0.15) is 18.9 Å². The topological polar surface area (TPSA) is 52.6 Å². The van der Waals surface area contributed by atoms with E-state index in [9.17, 15) is 0 Å². The first-order chi connectivity index (χ1) is 10.4. The number of fused-ring (bicyclic) bond motifs is 1. The highest BCUT2D eigenvalue weighted by Crippen LogP contribution is 2.36. The predicted octanol–water partition coefficient (Wildman–Crippen LogP) is 3.10. The first-order valence-electron chi connectivity index (χ1n) is 7.08. The summed E-state index contributed by atoms with van der Waals surface area (Å²) >= 11 is 0. The van der Waals surface area contributed by atoms with Crippen LogP contribution >= 0.6 is 0 Å². The molecule has 5 nitrogen and oxygen atoms in total. The second-order valence-corrected chi connectivity index (χ2v) is 4.78. The average molecular weight is 286 g/mol. The Morgan fingerprint density at radius 1 is 1.24 bits per heavy atom. The number of hydrogen-bond donors (Lipinski definition) is 1. The molecule has 0 saturated heterocycles. The molecule has 0 unspecified atom stereocenters. The van der Waals surface area contributed by atoms with E-state index in [0.29, 0.717) is 11.5 Å². The van der Waals surface area contributed by atoms with Crippen molar-refractivity contribution in [3.63, 3.8) is 0 Å². The predicted molar refractivity (Wildman–Crippen MR) is 78.9 cm³/mol. The molecule has 110 valence electrons. The third kappa shape index (κ3) is 3.25. The van der Waals surface area contributed by atoms with Gasteiger partial charge in [0.2, 0.25) is 6.79 Å². The molecule has 1 aromatic heterocycles. The smallest absolute Gasteiger partial charge is 0.231 e. The summed E-state index contributed by atoms with van der Waals surface area (Å²) in [5.41, 5.74) is 1.08. The molecule has 1 aromatic carbocycles. The number of nitrogens with one attached hydrogen (secondary N) is 1. The highest BCUT2D eigenvalue weighted by atomic mass is 16.7. The third-order valence-electron chi connectivity index (χ3n) is 3.18. The molecule has 0 saturated carbocycles. The number of hydrogen-bond acceptors (Lipinski definition) is 5. The van der Waals surface area contributed by atoms with Gasteiger partial charge in [-0.25, -0.2) is 0 Å². The molecule has 1 aliphatic heterocycles. The highest BCUT2D eigenvalue weighted by Gasteiger charge is 2.14. The first-order valence-corrected chi connectivity index (χ1v) is 7.08. The first kappa shape index (κ1) is 13.7. The van der Waals surface area contributed by atoms with Crippen molar-refractivity contribution in [3.05, 3.63) is 42.2 Å². The van der Waals surface area contributed by atoms with E-state index in [4.69, 9.17) is 14.2 Å². The lowest BCUT2D eigenvalue weighted by Gasteiger charge is -2.11. The molecule has 0 amide bonds. The second kappa shape index (κ2) is 6.45. The van der Waals surface area contributed by atoms with Gasteiger partial charge in [-0.1, -0.05) is 6.92 Å². The van der Waals surface area contributed by atoms with E-state index in [-0.39, 0.29) is 6.79 Å². The highest BCUT2D eigenvalue weighted by molar-refractivity contribution is 5.48. The third-order valence-corrected chi connectivity index (χ3v) is 3.18. The monoisotopic (exact) mass is 286 g/mol. The quantitative estimate of drug-likeness (QED) is 0.827. The van der Waals surface area contributed by atoms with Gasteiger partial charge in [0, 0.05) is 24.4 Å². The van der Waals surface area contributed by atoms with Crippen molar-refractivity contribution >= 4 is 0 Å². The molecule has 1 N–H and O–H groups in total. The Balaban J connectivity index is 1.75. The summed E-state index contributed by atoms with van der Waals surface area (Å²) in [6, 6.07) is 7.51. The van der Waals surface area contributed by atoms with Gasteiger partial charge in [0.05, 0.1) is 6.20 Å². The van der Waals surface area contributed by atoms with E-state index in [1.165, 1.54) is 0 Å². The summed E-state index contributed by atoms with van der Waals surface area (Å²) in [7, 11) is 0. The van der Waals surface area contributed by atoms with Gasteiger partial charge in [0.25, 0.3) is 0 Å². The van der Waals surface area contributed by atoms with Crippen LogP contribution in [0.3, 0.4) is 0 Å². The molecule has 5 heteroatoms. The van der Waals surface area contributed by atoms with Crippen molar-refractivity contribution < 1.29 is 14.2 Å². The molecule has 21 heavy (non-hydrogen) atoms. The molecule has 0 spiro atoms. The van der Waals surface area contributed by atoms with E-state index in [2.05, 4.69) is 17.2 Å². The van der Waals surface area contributed by atoms with Crippen LogP contribution in [0.2, 0.25) is 0 Å². The molecule has 2 aromatic rings. The number of nitrogens with zero attached hydrogens (tertiary/aromatic N) is 1. The van der Waals surface area contributed by atoms with Crippen molar-refractivity contribution in [1.82, 2.24) is 10.3 Å². The van der Waals surface area contributed by atoms with E-state index in [1.54, 1.807) is 12.4 Å². The molecular weight excluding hydrogens is 268 g/mol. The summed E-state index contributed by atoms with van der Waals surface area (Å²) in [6.07, 6.45) is 4.60. The van der Waals surface area contributed by atoms with Crippen LogP contribution < -0.4 is 19.5 Å². The normalized spacial score (nSPS) is 12.4. The molecule has 0 aliphatic carbocycles. The Labute approximate surface area is 123 Å². The molecule has 0 bridgehead atoms. The fourth-order valence-corrected chi connectivity index (χ4v) is 2.11. The van der Waals surface area contributed by atoms with Gasteiger partial charge < -0.3 is 19.5 Å². The van der Waals surface area contributed by atoms with Crippen LogP contribution in [0.15, 0.2) is 36.7 Å². The molecule has 3 rings (SSSR count). The van der Waals surface area contributed by atoms with E-state index < -0.39 is 0 Å². The minimum atomic E-state index is 0.262. The number of ether oxygens (including phenoxy) is 3. The zero-order valence-electron chi connectivity index (χ0n) is 12.0. The van der Waals surface area contributed by atoms with Crippen molar-refractivity contribution in [2.24, 2.45) is 0 Å². The SMILES string of the molecule is CCCNCc1ccncc1Oc1ccc2c(c1)OCO2. The van der Waals surface area contributed by atoms with E-state index >= 15 is 0 Å². The Morgan fingerprint density at radius 3 is 3.05 bits per heavy atom. The van der Waals surface area contributed by atoms with Crippen LogP contribution in [-0.2, 0) is 6.54 Å². The van der Waals surface area contributed by atoms with Crippen molar-refractivity contribution in [3.8, 4) is 23.0 Å². The van der Waals surface area contributed by atoms with Crippen molar-refractivity contribution in [2.45, 2.75) is 19.9 Å². The van der Waals surface area contributed by atoms with Crippen LogP contribution in [-0.4, -0.2) is 18.3 Å². The number of benzene rings is 1. The Bertz CT molecular complexity index is 616. The number of pyridine rings is 1. The number of rotatable bonds is 6. The van der Waals surface area contributed by atoms with Gasteiger partial charge in [0.1, 0.15) is 11.5 Å². The Hall–Kier alpha value is -2.27. The van der Waals surface area contributed by atoms with Gasteiger partial charge in [-0.2, -0.15) is 0 Å². The summed E-state index contributed by atoms with van der Waals surface area (Å²) < 4.78 is 16.6. The average Bonchev–Trinajstić information content (AvgIpc) is 2.97. The molecule has 0 fully saturated rings. The van der Waals surface area contributed by atoms with E-state index in [0.717, 1.165) is 36.6 Å². The molecule has 0 atom stereocenters. The fourth-order valence-electron chi connectivity index (χ4n) is 2.11. The molecular formula is C16H18N2O3. The molecule has 0 radical (unpaired) electrons. The second-order valence-electron chi connectivity index (χ2n) is 4.78. The lowest BCUT2D eigenvalue weighted by Crippen LogP contribution is -2.14. The maximum atomic E-state index is 5.93. The van der Waals surface area contributed by atoms with Gasteiger partial charge in [-0.05, 0) is 31.2 Å². The Morgan fingerprint density at radius 2 is 2.14 bits per heavy atom.